The number of ether oxygens (including phenoxy) is 1. The Bertz CT molecular complexity index is 313. The van der Waals surface area contributed by atoms with E-state index in [-0.39, 0.29) is 18.1 Å². The summed E-state index contributed by atoms with van der Waals surface area (Å²) >= 11 is 0. The minimum atomic E-state index is -0.0165. The van der Waals surface area contributed by atoms with E-state index in [1.807, 2.05) is 0 Å². The highest BCUT2D eigenvalue weighted by Gasteiger charge is 2.43. The number of hydrogen-bond donors (Lipinski definition) is 1. The molecule has 0 aromatic heterocycles. The summed E-state index contributed by atoms with van der Waals surface area (Å²) in [7, 11) is 2.12. The third-order valence-corrected chi connectivity index (χ3v) is 4.95. The Morgan fingerprint density at radius 2 is 2.00 bits per heavy atom. The number of carbonyl (C=O) groups is 1. The van der Waals surface area contributed by atoms with Crippen LogP contribution in [0.1, 0.15) is 32.1 Å². The van der Waals surface area contributed by atoms with E-state index < -0.39 is 0 Å². The monoisotopic (exact) mass is 252 g/mol. The molecule has 3 rings (SSSR count). The Balaban J connectivity index is 1.52. The molecule has 0 aromatic carbocycles. The fourth-order valence-electron chi connectivity index (χ4n) is 3.79. The normalized spacial score (nSPS) is 37.7. The Kier molecular flexibility index (Phi) is 3.57. The third kappa shape index (κ3) is 2.41. The number of carbonyl (C=O) groups excluding carboxylic acids is 1. The molecular weight excluding hydrogens is 228 g/mol. The van der Waals surface area contributed by atoms with Crippen molar-refractivity contribution in [3.8, 4) is 0 Å². The van der Waals surface area contributed by atoms with Crippen molar-refractivity contribution in [3.05, 3.63) is 0 Å². The SMILES string of the molecule is CN1CCC(OC(=O)C2NCC3CCCC32)CC1. The summed E-state index contributed by atoms with van der Waals surface area (Å²) in [5.74, 6) is 1.28. The molecule has 0 radical (unpaired) electrons. The number of fused-ring (bicyclic) bond motifs is 1. The van der Waals surface area contributed by atoms with E-state index in [2.05, 4.69) is 17.3 Å². The zero-order chi connectivity index (χ0) is 12.5. The van der Waals surface area contributed by atoms with Crippen LogP contribution in [0.5, 0.6) is 0 Å². The molecule has 1 saturated carbocycles. The summed E-state index contributed by atoms with van der Waals surface area (Å²) in [6, 6.07) is -0.0165. The molecule has 3 aliphatic rings. The number of esters is 1. The van der Waals surface area contributed by atoms with Crippen LogP contribution in [0, 0.1) is 11.8 Å². The predicted molar refractivity (Wildman–Crippen MR) is 69.2 cm³/mol. The second-order valence-corrected chi connectivity index (χ2v) is 6.18. The van der Waals surface area contributed by atoms with Crippen molar-refractivity contribution in [2.75, 3.05) is 26.7 Å². The molecule has 0 bridgehead atoms. The van der Waals surface area contributed by atoms with Crippen molar-refractivity contribution in [2.24, 2.45) is 11.8 Å². The smallest absolute Gasteiger partial charge is 0.323 e. The lowest BCUT2D eigenvalue weighted by atomic mass is 9.94. The maximum absolute atomic E-state index is 12.2. The van der Waals surface area contributed by atoms with Gasteiger partial charge in [0, 0.05) is 13.1 Å². The zero-order valence-electron chi connectivity index (χ0n) is 11.2. The van der Waals surface area contributed by atoms with Crippen molar-refractivity contribution in [1.29, 1.82) is 0 Å². The number of piperidine rings is 1. The van der Waals surface area contributed by atoms with Gasteiger partial charge in [0.15, 0.2) is 0 Å². The van der Waals surface area contributed by atoms with Gasteiger partial charge in [-0.25, -0.2) is 0 Å². The van der Waals surface area contributed by atoms with Gasteiger partial charge in [0.05, 0.1) is 0 Å². The van der Waals surface area contributed by atoms with Crippen molar-refractivity contribution in [1.82, 2.24) is 10.2 Å². The quantitative estimate of drug-likeness (QED) is 0.745. The number of hydrogen-bond acceptors (Lipinski definition) is 4. The minimum absolute atomic E-state index is 0.0129. The van der Waals surface area contributed by atoms with Crippen LogP contribution in [0.15, 0.2) is 0 Å². The molecule has 3 fully saturated rings. The van der Waals surface area contributed by atoms with E-state index in [0.29, 0.717) is 5.92 Å². The van der Waals surface area contributed by atoms with Gasteiger partial charge in [-0.3, -0.25) is 4.79 Å². The third-order valence-electron chi connectivity index (χ3n) is 4.95. The lowest BCUT2D eigenvalue weighted by Gasteiger charge is -2.30. The van der Waals surface area contributed by atoms with Gasteiger partial charge >= 0.3 is 5.97 Å². The fourth-order valence-corrected chi connectivity index (χ4v) is 3.79. The standard InChI is InChI=1S/C14H24N2O2/c1-16-7-5-11(6-8-16)18-14(17)13-12-4-2-3-10(12)9-15-13/h10-13,15H,2-9H2,1H3. The molecule has 102 valence electrons. The summed E-state index contributed by atoms with van der Waals surface area (Å²) < 4.78 is 5.70. The van der Waals surface area contributed by atoms with Crippen LogP contribution in [-0.2, 0) is 9.53 Å². The topological polar surface area (TPSA) is 41.6 Å². The maximum Gasteiger partial charge on any atom is 0.323 e. The molecule has 2 saturated heterocycles. The highest BCUT2D eigenvalue weighted by molar-refractivity contribution is 5.77. The molecule has 1 N–H and O–H groups in total. The van der Waals surface area contributed by atoms with Crippen LogP contribution >= 0.6 is 0 Å². The van der Waals surface area contributed by atoms with Gasteiger partial charge in [-0.05, 0) is 51.1 Å². The van der Waals surface area contributed by atoms with E-state index in [1.165, 1.54) is 19.3 Å². The maximum atomic E-state index is 12.2. The molecule has 4 heteroatoms. The highest BCUT2D eigenvalue weighted by Crippen LogP contribution is 2.38. The van der Waals surface area contributed by atoms with Gasteiger partial charge in [0.25, 0.3) is 0 Å². The lowest BCUT2D eigenvalue weighted by Crippen LogP contribution is -2.42. The van der Waals surface area contributed by atoms with Gasteiger partial charge in [-0.1, -0.05) is 6.42 Å². The number of likely N-dealkylation sites (tertiary alicyclic amines) is 1. The number of nitrogens with one attached hydrogen (secondary N) is 1. The first-order chi connectivity index (χ1) is 8.74. The molecule has 18 heavy (non-hydrogen) atoms. The Morgan fingerprint density at radius 3 is 2.78 bits per heavy atom. The molecule has 2 aliphatic heterocycles. The van der Waals surface area contributed by atoms with Crippen LogP contribution in [0.2, 0.25) is 0 Å². The van der Waals surface area contributed by atoms with Crippen LogP contribution in [0.3, 0.4) is 0 Å². The van der Waals surface area contributed by atoms with Crippen LogP contribution in [0.4, 0.5) is 0 Å². The second kappa shape index (κ2) is 5.17. The summed E-state index contributed by atoms with van der Waals surface area (Å²) in [5.41, 5.74) is 0. The molecule has 0 amide bonds. The highest BCUT2D eigenvalue weighted by atomic mass is 16.5. The predicted octanol–water partition coefficient (Wildman–Crippen LogP) is 1.01. The molecule has 3 atom stereocenters. The molecule has 0 spiro atoms. The summed E-state index contributed by atoms with van der Waals surface area (Å²) in [4.78, 5) is 14.5. The molecule has 4 nitrogen and oxygen atoms in total. The van der Waals surface area contributed by atoms with Crippen molar-refractivity contribution in [2.45, 2.75) is 44.2 Å². The minimum Gasteiger partial charge on any atom is -0.461 e. The number of nitrogens with zero attached hydrogens (tertiary/aromatic N) is 1. The van der Waals surface area contributed by atoms with E-state index >= 15 is 0 Å². The first-order valence-corrected chi connectivity index (χ1v) is 7.36. The first-order valence-electron chi connectivity index (χ1n) is 7.36. The molecule has 0 aromatic rings. The van der Waals surface area contributed by atoms with Crippen molar-refractivity contribution in [3.63, 3.8) is 0 Å². The van der Waals surface area contributed by atoms with E-state index in [1.54, 1.807) is 0 Å². The number of rotatable bonds is 2. The van der Waals surface area contributed by atoms with Gasteiger partial charge in [-0.15, -0.1) is 0 Å². The van der Waals surface area contributed by atoms with E-state index in [4.69, 9.17) is 4.74 Å². The van der Waals surface area contributed by atoms with Crippen LogP contribution < -0.4 is 5.32 Å². The van der Waals surface area contributed by atoms with Crippen molar-refractivity contribution < 1.29 is 9.53 Å². The van der Waals surface area contributed by atoms with Gasteiger partial charge in [0.1, 0.15) is 12.1 Å². The average molecular weight is 252 g/mol. The Labute approximate surface area is 109 Å². The first kappa shape index (κ1) is 12.4. The van der Waals surface area contributed by atoms with Gasteiger partial charge < -0.3 is 15.0 Å². The molecule has 3 unspecified atom stereocenters. The van der Waals surface area contributed by atoms with Crippen molar-refractivity contribution >= 4 is 5.97 Å². The average Bonchev–Trinajstić information content (AvgIpc) is 2.93. The molecule has 1 aliphatic carbocycles. The second-order valence-electron chi connectivity index (χ2n) is 6.18. The van der Waals surface area contributed by atoms with Gasteiger partial charge in [0.2, 0.25) is 0 Å². The van der Waals surface area contributed by atoms with Gasteiger partial charge in [-0.2, -0.15) is 0 Å². The molecule has 2 heterocycles. The van der Waals surface area contributed by atoms with E-state index in [0.717, 1.165) is 38.4 Å². The Morgan fingerprint density at radius 1 is 1.22 bits per heavy atom. The largest absolute Gasteiger partial charge is 0.461 e. The van der Waals surface area contributed by atoms with Crippen LogP contribution in [-0.4, -0.2) is 49.7 Å². The van der Waals surface area contributed by atoms with E-state index in [9.17, 15) is 4.79 Å². The molecular formula is C14H24N2O2. The zero-order valence-corrected chi connectivity index (χ0v) is 11.2. The van der Waals surface area contributed by atoms with Crippen LogP contribution in [0.25, 0.3) is 0 Å². The lowest BCUT2D eigenvalue weighted by molar-refractivity contribution is -0.154. The summed E-state index contributed by atoms with van der Waals surface area (Å²) in [5, 5.41) is 3.37. The Hall–Kier alpha value is -0.610. The summed E-state index contributed by atoms with van der Waals surface area (Å²) in [6.45, 7) is 3.10. The summed E-state index contributed by atoms with van der Waals surface area (Å²) in [6.07, 6.45) is 5.90. The fraction of sp³-hybridized carbons (Fsp3) is 0.929.